The first kappa shape index (κ1) is 11.3. The first-order chi connectivity index (χ1) is 7.72. The maximum atomic E-state index is 4.36. The van der Waals surface area contributed by atoms with E-state index in [9.17, 15) is 0 Å². The lowest BCUT2D eigenvalue weighted by Crippen LogP contribution is -2.19. The standard InChI is InChI=1S/C12H14BrN3/c1-3-6-16(2)12-10-7-9(13)4-5-11(10)14-8-15-12/h4-5,7-8H,3,6H2,1-2H3. The SMILES string of the molecule is CCCN(C)c1ncnc2ccc(Br)cc12. The maximum Gasteiger partial charge on any atom is 0.139 e. The average Bonchev–Trinajstić information content (AvgIpc) is 2.28. The second-order valence-corrected chi connectivity index (χ2v) is 4.70. The summed E-state index contributed by atoms with van der Waals surface area (Å²) in [5, 5.41) is 1.09. The van der Waals surface area contributed by atoms with E-state index in [0.29, 0.717) is 0 Å². The third-order valence-corrected chi connectivity index (χ3v) is 2.99. The van der Waals surface area contributed by atoms with E-state index in [1.165, 1.54) is 0 Å². The molecule has 1 aromatic heterocycles. The molecule has 0 aliphatic carbocycles. The maximum absolute atomic E-state index is 4.36. The van der Waals surface area contributed by atoms with Gasteiger partial charge in [0.2, 0.25) is 0 Å². The fraction of sp³-hybridized carbons (Fsp3) is 0.333. The Hall–Kier alpha value is -1.16. The number of fused-ring (bicyclic) bond motifs is 1. The zero-order valence-corrected chi connectivity index (χ0v) is 11.0. The van der Waals surface area contributed by atoms with Gasteiger partial charge in [-0.15, -0.1) is 0 Å². The fourth-order valence-corrected chi connectivity index (χ4v) is 2.12. The largest absolute Gasteiger partial charge is 0.359 e. The summed E-state index contributed by atoms with van der Waals surface area (Å²) < 4.78 is 1.06. The second-order valence-electron chi connectivity index (χ2n) is 3.78. The number of aromatic nitrogens is 2. The van der Waals surface area contributed by atoms with Crippen LogP contribution in [0.4, 0.5) is 5.82 Å². The topological polar surface area (TPSA) is 29.0 Å². The molecule has 2 aromatic rings. The predicted octanol–water partition coefficient (Wildman–Crippen LogP) is 3.24. The van der Waals surface area contributed by atoms with Crippen LogP contribution in [-0.4, -0.2) is 23.6 Å². The highest BCUT2D eigenvalue weighted by Crippen LogP contribution is 2.25. The van der Waals surface area contributed by atoms with Gasteiger partial charge in [-0.1, -0.05) is 22.9 Å². The molecular formula is C12H14BrN3. The van der Waals surface area contributed by atoms with E-state index >= 15 is 0 Å². The monoisotopic (exact) mass is 279 g/mol. The van der Waals surface area contributed by atoms with Crippen molar-refractivity contribution in [2.75, 3.05) is 18.5 Å². The molecule has 2 rings (SSSR count). The van der Waals surface area contributed by atoms with Crippen molar-refractivity contribution < 1.29 is 0 Å². The van der Waals surface area contributed by atoms with Crippen LogP contribution in [0, 0.1) is 0 Å². The normalized spacial score (nSPS) is 10.7. The van der Waals surface area contributed by atoms with Crippen molar-refractivity contribution in [2.24, 2.45) is 0 Å². The molecule has 0 radical (unpaired) electrons. The lowest BCUT2D eigenvalue weighted by atomic mass is 10.2. The van der Waals surface area contributed by atoms with Crippen LogP contribution in [0.3, 0.4) is 0 Å². The van der Waals surface area contributed by atoms with Gasteiger partial charge in [-0.2, -0.15) is 0 Å². The van der Waals surface area contributed by atoms with Crippen LogP contribution in [0.5, 0.6) is 0 Å². The molecule has 0 saturated heterocycles. The molecule has 0 bridgehead atoms. The van der Waals surface area contributed by atoms with Gasteiger partial charge < -0.3 is 4.90 Å². The van der Waals surface area contributed by atoms with Gasteiger partial charge in [0, 0.05) is 23.5 Å². The van der Waals surface area contributed by atoms with E-state index in [1.54, 1.807) is 6.33 Å². The van der Waals surface area contributed by atoms with Crippen molar-refractivity contribution in [1.29, 1.82) is 0 Å². The average molecular weight is 280 g/mol. The van der Waals surface area contributed by atoms with Crippen LogP contribution < -0.4 is 4.90 Å². The molecule has 0 unspecified atom stereocenters. The third-order valence-electron chi connectivity index (χ3n) is 2.50. The van der Waals surface area contributed by atoms with Crippen molar-refractivity contribution >= 4 is 32.7 Å². The molecule has 0 atom stereocenters. The highest BCUT2D eigenvalue weighted by atomic mass is 79.9. The predicted molar refractivity (Wildman–Crippen MR) is 70.8 cm³/mol. The minimum absolute atomic E-state index is 0.983. The summed E-state index contributed by atoms with van der Waals surface area (Å²) in [4.78, 5) is 10.8. The van der Waals surface area contributed by atoms with Crippen LogP contribution >= 0.6 is 15.9 Å². The Morgan fingerprint density at radius 2 is 2.12 bits per heavy atom. The van der Waals surface area contributed by atoms with Crippen LogP contribution in [0.15, 0.2) is 29.0 Å². The molecule has 0 N–H and O–H groups in total. The number of benzene rings is 1. The van der Waals surface area contributed by atoms with Gasteiger partial charge >= 0.3 is 0 Å². The molecule has 0 spiro atoms. The van der Waals surface area contributed by atoms with Crippen molar-refractivity contribution in [3.05, 3.63) is 29.0 Å². The highest BCUT2D eigenvalue weighted by Gasteiger charge is 2.07. The molecule has 0 saturated carbocycles. The van der Waals surface area contributed by atoms with Gasteiger partial charge in [-0.25, -0.2) is 9.97 Å². The van der Waals surface area contributed by atoms with Gasteiger partial charge in [-0.05, 0) is 24.6 Å². The van der Waals surface area contributed by atoms with Crippen molar-refractivity contribution in [1.82, 2.24) is 9.97 Å². The molecule has 3 nitrogen and oxygen atoms in total. The fourth-order valence-electron chi connectivity index (χ4n) is 1.76. The van der Waals surface area contributed by atoms with E-state index in [4.69, 9.17) is 0 Å². The summed E-state index contributed by atoms with van der Waals surface area (Å²) >= 11 is 3.48. The quantitative estimate of drug-likeness (QED) is 0.864. The highest BCUT2D eigenvalue weighted by molar-refractivity contribution is 9.10. The molecule has 0 aliphatic rings. The Kier molecular flexibility index (Phi) is 3.39. The Labute approximate surface area is 104 Å². The Bertz CT molecular complexity index is 499. The van der Waals surface area contributed by atoms with Gasteiger partial charge in [0.25, 0.3) is 0 Å². The summed E-state index contributed by atoms with van der Waals surface area (Å²) in [6, 6.07) is 6.07. The lowest BCUT2D eigenvalue weighted by Gasteiger charge is -2.18. The lowest BCUT2D eigenvalue weighted by molar-refractivity contribution is 0.840. The number of hydrogen-bond donors (Lipinski definition) is 0. The third kappa shape index (κ3) is 2.16. The summed E-state index contributed by atoms with van der Waals surface area (Å²) in [5.41, 5.74) is 0.983. The molecule has 84 valence electrons. The van der Waals surface area contributed by atoms with E-state index in [-0.39, 0.29) is 0 Å². The molecular weight excluding hydrogens is 266 g/mol. The summed E-state index contributed by atoms with van der Waals surface area (Å²) in [6.45, 7) is 3.16. The molecule has 0 amide bonds. The van der Waals surface area contributed by atoms with Gasteiger partial charge in [0.15, 0.2) is 0 Å². The number of rotatable bonds is 3. The van der Waals surface area contributed by atoms with Crippen LogP contribution in [-0.2, 0) is 0 Å². The van der Waals surface area contributed by atoms with Crippen LogP contribution in [0.2, 0.25) is 0 Å². The van der Waals surface area contributed by atoms with Gasteiger partial charge in [0.1, 0.15) is 12.1 Å². The first-order valence-electron chi connectivity index (χ1n) is 5.33. The van der Waals surface area contributed by atoms with Crippen molar-refractivity contribution in [3.8, 4) is 0 Å². The smallest absolute Gasteiger partial charge is 0.139 e. The zero-order chi connectivity index (χ0) is 11.5. The van der Waals surface area contributed by atoms with Crippen LogP contribution in [0.1, 0.15) is 13.3 Å². The summed E-state index contributed by atoms with van der Waals surface area (Å²) in [6.07, 6.45) is 2.73. The molecule has 0 aliphatic heterocycles. The Morgan fingerprint density at radius 3 is 2.88 bits per heavy atom. The summed E-state index contributed by atoms with van der Waals surface area (Å²) in [7, 11) is 2.06. The van der Waals surface area contributed by atoms with E-state index in [0.717, 1.165) is 34.2 Å². The van der Waals surface area contributed by atoms with E-state index in [2.05, 4.69) is 50.8 Å². The first-order valence-corrected chi connectivity index (χ1v) is 6.13. The number of halogens is 1. The molecule has 0 fully saturated rings. The minimum Gasteiger partial charge on any atom is -0.359 e. The van der Waals surface area contributed by atoms with E-state index < -0.39 is 0 Å². The molecule has 16 heavy (non-hydrogen) atoms. The molecule has 1 heterocycles. The Morgan fingerprint density at radius 1 is 1.31 bits per heavy atom. The zero-order valence-electron chi connectivity index (χ0n) is 9.44. The Balaban J connectivity index is 2.55. The molecule has 1 aromatic carbocycles. The van der Waals surface area contributed by atoms with Crippen LogP contribution in [0.25, 0.3) is 10.9 Å². The number of anilines is 1. The number of hydrogen-bond acceptors (Lipinski definition) is 3. The number of nitrogens with zero attached hydrogens (tertiary/aromatic N) is 3. The van der Waals surface area contributed by atoms with E-state index in [1.807, 2.05) is 12.1 Å². The van der Waals surface area contributed by atoms with Gasteiger partial charge in [0.05, 0.1) is 5.52 Å². The minimum atomic E-state index is 0.983. The van der Waals surface area contributed by atoms with Gasteiger partial charge in [-0.3, -0.25) is 0 Å². The second kappa shape index (κ2) is 4.78. The van der Waals surface area contributed by atoms with Crippen molar-refractivity contribution in [3.63, 3.8) is 0 Å². The van der Waals surface area contributed by atoms with Crippen molar-refractivity contribution in [2.45, 2.75) is 13.3 Å². The molecule has 4 heteroatoms. The summed E-state index contributed by atoms with van der Waals surface area (Å²) in [5.74, 6) is 0.994.